The second-order valence-electron chi connectivity index (χ2n) is 6.64. The summed E-state index contributed by atoms with van der Waals surface area (Å²) >= 11 is 0. The quantitative estimate of drug-likeness (QED) is 0.865. The van der Waals surface area contributed by atoms with Crippen molar-refractivity contribution in [3.8, 4) is 0 Å². The van der Waals surface area contributed by atoms with Gasteiger partial charge in [-0.3, -0.25) is 9.59 Å². The Bertz CT molecular complexity index is 782. The highest BCUT2D eigenvalue weighted by Crippen LogP contribution is 2.23. The number of carbonyl (C=O) groups is 2. The van der Waals surface area contributed by atoms with Crippen LogP contribution in [-0.4, -0.2) is 45.2 Å². The molecule has 4 rings (SSSR count). The van der Waals surface area contributed by atoms with Gasteiger partial charge in [0.1, 0.15) is 11.3 Å². The van der Waals surface area contributed by atoms with Crippen LogP contribution < -0.4 is 5.32 Å². The lowest BCUT2D eigenvalue weighted by Gasteiger charge is -2.26. The summed E-state index contributed by atoms with van der Waals surface area (Å²) in [6.07, 6.45) is 6.58. The molecule has 2 amide bonds. The SMILES string of the molecule is Cc1ccc2nc(C(=O)N3C[C@@H]4CCC[C@@H](C3)C(=O)N4)cn2c1. The van der Waals surface area contributed by atoms with E-state index in [2.05, 4.69) is 10.3 Å². The van der Waals surface area contributed by atoms with Gasteiger partial charge in [0.2, 0.25) is 5.91 Å². The number of hydrogen-bond acceptors (Lipinski definition) is 3. The predicted octanol–water partition coefficient (Wildman–Crippen LogP) is 1.38. The van der Waals surface area contributed by atoms with Gasteiger partial charge in [-0.05, 0) is 31.4 Å². The highest BCUT2D eigenvalue weighted by Gasteiger charge is 2.35. The first-order valence-corrected chi connectivity index (χ1v) is 8.15. The van der Waals surface area contributed by atoms with Crippen LogP contribution in [0.15, 0.2) is 24.5 Å². The van der Waals surface area contributed by atoms with Crippen LogP contribution in [-0.2, 0) is 4.79 Å². The van der Waals surface area contributed by atoms with Gasteiger partial charge >= 0.3 is 0 Å². The maximum atomic E-state index is 12.9. The van der Waals surface area contributed by atoms with Crippen LogP contribution in [0, 0.1) is 12.8 Å². The molecule has 2 aromatic rings. The molecule has 2 bridgehead atoms. The number of pyridine rings is 1. The van der Waals surface area contributed by atoms with E-state index in [9.17, 15) is 9.59 Å². The number of nitrogens with zero attached hydrogens (tertiary/aromatic N) is 3. The van der Waals surface area contributed by atoms with Gasteiger partial charge in [-0.1, -0.05) is 12.5 Å². The van der Waals surface area contributed by atoms with Crippen molar-refractivity contribution in [2.75, 3.05) is 13.1 Å². The van der Waals surface area contributed by atoms with E-state index in [-0.39, 0.29) is 23.8 Å². The van der Waals surface area contributed by atoms with E-state index < -0.39 is 0 Å². The van der Waals surface area contributed by atoms with Crippen LogP contribution in [0.1, 0.15) is 35.3 Å². The van der Waals surface area contributed by atoms with Crippen LogP contribution in [0.3, 0.4) is 0 Å². The van der Waals surface area contributed by atoms with Crippen LogP contribution >= 0.6 is 0 Å². The highest BCUT2D eigenvalue weighted by molar-refractivity contribution is 5.93. The summed E-state index contributed by atoms with van der Waals surface area (Å²) in [7, 11) is 0. The monoisotopic (exact) mass is 312 g/mol. The molecular weight excluding hydrogens is 292 g/mol. The maximum Gasteiger partial charge on any atom is 0.274 e. The molecule has 23 heavy (non-hydrogen) atoms. The van der Waals surface area contributed by atoms with Crippen molar-refractivity contribution in [2.45, 2.75) is 32.2 Å². The van der Waals surface area contributed by atoms with Crippen molar-refractivity contribution >= 4 is 17.5 Å². The number of fused-ring (bicyclic) bond motifs is 4. The summed E-state index contributed by atoms with van der Waals surface area (Å²) in [6.45, 7) is 3.08. The first kappa shape index (κ1) is 14.2. The molecule has 0 spiro atoms. The molecule has 1 N–H and O–H groups in total. The summed E-state index contributed by atoms with van der Waals surface area (Å²) in [5.41, 5.74) is 2.33. The van der Waals surface area contributed by atoms with Gasteiger partial charge in [0, 0.05) is 31.5 Å². The third-order valence-electron chi connectivity index (χ3n) is 4.81. The van der Waals surface area contributed by atoms with Gasteiger partial charge in [0.15, 0.2) is 0 Å². The normalized spacial score (nSPS) is 24.4. The zero-order chi connectivity index (χ0) is 16.0. The summed E-state index contributed by atoms with van der Waals surface area (Å²) < 4.78 is 1.88. The number of nitrogens with one attached hydrogen (secondary N) is 1. The molecule has 6 nitrogen and oxygen atoms in total. The van der Waals surface area contributed by atoms with Crippen molar-refractivity contribution in [3.63, 3.8) is 0 Å². The Morgan fingerprint density at radius 1 is 1.26 bits per heavy atom. The zero-order valence-corrected chi connectivity index (χ0v) is 13.2. The number of hydrogen-bond donors (Lipinski definition) is 1. The zero-order valence-electron chi connectivity index (χ0n) is 13.2. The van der Waals surface area contributed by atoms with Gasteiger partial charge in [-0.15, -0.1) is 0 Å². The molecular formula is C17H20N4O2. The number of likely N-dealkylation sites (tertiary alicyclic amines) is 1. The minimum Gasteiger partial charge on any atom is -0.351 e. The molecule has 0 radical (unpaired) electrons. The average Bonchev–Trinajstić information content (AvgIpc) is 2.75. The van der Waals surface area contributed by atoms with Gasteiger partial charge in [0.25, 0.3) is 5.91 Å². The fraction of sp³-hybridized carbons (Fsp3) is 0.471. The van der Waals surface area contributed by atoms with E-state index in [0.717, 1.165) is 30.5 Å². The Kier molecular flexibility index (Phi) is 3.32. The minimum absolute atomic E-state index is 0.0678. The van der Waals surface area contributed by atoms with Crippen molar-refractivity contribution in [1.82, 2.24) is 19.6 Å². The molecule has 2 atom stereocenters. The van der Waals surface area contributed by atoms with Crippen LogP contribution in [0.2, 0.25) is 0 Å². The van der Waals surface area contributed by atoms with Crippen molar-refractivity contribution < 1.29 is 9.59 Å². The van der Waals surface area contributed by atoms with Crippen LogP contribution in [0.25, 0.3) is 5.65 Å². The largest absolute Gasteiger partial charge is 0.351 e. The third-order valence-corrected chi connectivity index (χ3v) is 4.81. The second-order valence-corrected chi connectivity index (χ2v) is 6.64. The van der Waals surface area contributed by atoms with E-state index in [0.29, 0.717) is 18.8 Å². The molecule has 2 aromatic heterocycles. The van der Waals surface area contributed by atoms with Crippen molar-refractivity contribution in [1.29, 1.82) is 0 Å². The summed E-state index contributed by atoms with van der Waals surface area (Å²) in [5, 5.41) is 3.05. The van der Waals surface area contributed by atoms with E-state index >= 15 is 0 Å². The molecule has 0 saturated carbocycles. The molecule has 0 aromatic carbocycles. The lowest BCUT2D eigenvalue weighted by atomic mass is 9.99. The minimum atomic E-state index is -0.0919. The Morgan fingerprint density at radius 3 is 3.00 bits per heavy atom. The predicted molar refractivity (Wildman–Crippen MR) is 85.1 cm³/mol. The van der Waals surface area contributed by atoms with E-state index in [1.807, 2.05) is 29.7 Å². The number of aromatic nitrogens is 2. The van der Waals surface area contributed by atoms with Crippen molar-refractivity contribution in [3.05, 3.63) is 35.8 Å². The van der Waals surface area contributed by atoms with Gasteiger partial charge in [-0.25, -0.2) is 4.98 Å². The van der Waals surface area contributed by atoms with E-state index in [4.69, 9.17) is 0 Å². The Labute approximate surface area is 134 Å². The topological polar surface area (TPSA) is 66.7 Å². The molecule has 120 valence electrons. The lowest BCUT2D eigenvalue weighted by Crippen LogP contribution is -2.41. The fourth-order valence-corrected chi connectivity index (χ4v) is 3.58. The fourth-order valence-electron chi connectivity index (χ4n) is 3.58. The number of aryl methyl sites for hydroxylation is 1. The lowest BCUT2D eigenvalue weighted by molar-refractivity contribution is -0.124. The average molecular weight is 312 g/mol. The standard InChI is InChI=1S/C17H20N4O2/c1-11-5-6-15-19-14(10-20(15)7-11)17(23)21-8-12-3-2-4-13(9-21)18-16(12)22/h5-7,10,12-13H,2-4,8-9H2,1H3,(H,18,22)/t12-,13-/m0/s1. The van der Waals surface area contributed by atoms with Crippen LogP contribution in [0.4, 0.5) is 0 Å². The molecule has 6 heteroatoms. The Morgan fingerprint density at radius 2 is 2.13 bits per heavy atom. The number of imidazole rings is 1. The maximum absolute atomic E-state index is 12.9. The van der Waals surface area contributed by atoms with Gasteiger partial charge in [0.05, 0.1) is 5.92 Å². The van der Waals surface area contributed by atoms with Crippen LogP contribution in [0.5, 0.6) is 0 Å². The molecule has 2 aliphatic heterocycles. The summed E-state index contributed by atoms with van der Waals surface area (Å²) in [5.74, 6) is -0.0843. The summed E-state index contributed by atoms with van der Waals surface area (Å²) in [6, 6.07) is 3.96. The van der Waals surface area contributed by atoms with Crippen molar-refractivity contribution in [2.24, 2.45) is 5.92 Å². The second kappa shape index (κ2) is 5.37. The van der Waals surface area contributed by atoms with E-state index in [1.165, 1.54) is 0 Å². The number of carbonyl (C=O) groups excluding carboxylic acids is 2. The molecule has 2 saturated heterocycles. The Balaban J connectivity index is 1.63. The van der Waals surface area contributed by atoms with Gasteiger partial charge < -0.3 is 14.6 Å². The summed E-state index contributed by atoms with van der Waals surface area (Å²) in [4.78, 5) is 31.2. The molecule has 2 aliphatic rings. The number of amides is 2. The smallest absolute Gasteiger partial charge is 0.274 e. The molecule has 2 fully saturated rings. The molecule has 0 aliphatic carbocycles. The Hall–Kier alpha value is -2.37. The molecule has 0 unspecified atom stereocenters. The third kappa shape index (κ3) is 2.58. The first-order chi connectivity index (χ1) is 11.1. The molecule has 4 heterocycles. The first-order valence-electron chi connectivity index (χ1n) is 8.15. The van der Waals surface area contributed by atoms with E-state index in [1.54, 1.807) is 11.1 Å². The highest BCUT2D eigenvalue weighted by atomic mass is 16.2. The number of rotatable bonds is 1. The van der Waals surface area contributed by atoms with Gasteiger partial charge in [-0.2, -0.15) is 0 Å².